The predicted molar refractivity (Wildman–Crippen MR) is 47.6 cm³/mol. The molecule has 2 saturated heterocycles. The van der Waals surface area contributed by atoms with Crippen LogP contribution in [0.1, 0.15) is 45.4 Å². The second kappa shape index (κ2) is 3.14. The molecule has 1 heteroatoms. The van der Waals surface area contributed by atoms with Crippen LogP contribution >= 0.6 is 0 Å². The Morgan fingerprint density at radius 3 is 2.82 bits per heavy atom. The van der Waals surface area contributed by atoms with Gasteiger partial charge in [-0.05, 0) is 31.6 Å². The number of unbranched alkanes of at least 4 members (excludes halogenated alkanes) is 1. The van der Waals surface area contributed by atoms with Crippen LogP contribution in [0.4, 0.5) is 0 Å². The lowest BCUT2D eigenvalue weighted by Crippen LogP contribution is -2.22. The van der Waals surface area contributed by atoms with Crippen molar-refractivity contribution in [1.82, 2.24) is 5.32 Å². The molecule has 1 N–H and O–H groups in total. The van der Waals surface area contributed by atoms with Crippen molar-refractivity contribution in [1.29, 1.82) is 0 Å². The maximum Gasteiger partial charge on any atom is 0.00990 e. The molecule has 11 heavy (non-hydrogen) atoms. The minimum absolute atomic E-state index is 0.904. The first kappa shape index (κ1) is 7.60. The molecule has 2 rings (SSSR count). The van der Waals surface area contributed by atoms with E-state index in [0.717, 1.165) is 18.0 Å². The van der Waals surface area contributed by atoms with Crippen molar-refractivity contribution < 1.29 is 0 Å². The molecular formula is C10H19N. The van der Waals surface area contributed by atoms with Gasteiger partial charge < -0.3 is 5.32 Å². The molecule has 64 valence electrons. The number of fused-ring (bicyclic) bond motifs is 2. The van der Waals surface area contributed by atoms with Gasteiger partial charge in [0.2, 0.25) is 0 Å². The highest BCUT2D eigenvalue weighted by Gasteiger charge is 2.37. The topological polar surface area (TPSA) is 12.0 Å². The maximum atomic E-state index is 3.69. The average molecular weight is 153 g/mol. The van der Waals surface area contributed by atoms with Crippen LogP contribution in [-0.2, 0) is 0 Å². The van der Waals surface area contributed by atoms with Gasteiger partial charge in [-0.15, -0.1) is 0 Å². The summed E-state index contributed by atoms with van der Waals surface area (Å²) < 4.78 is 0. The minimum atomic E-state index is 0.904. The highest BCUT2D eigenvalue weighted by molar-refractivity contribution is 4.96. The second-order valence-corrected chi connectivity index (χ2v) is 4.19. The van der Waals surface area contributed by atoms with Gasteiger partial charge in [-0.25, -0.2) is 0 Å². The zero-order valence-electron chi connectivity index (χ0n) is 7.47. The van der Waals surface area contributed by atoms with Crippen LogP contribution in [-0.4, -0.2) is 12.1 Å². The maximum absolute atomic E-state index is 3.69. The van der Waals surface area contributed by atoms with E-state index in [1.807, 2.05) is 0 Å². The van der Waals surface area contributed by atoms with Crippen LogP contribution in [0.5, 0.6) is 0 Å². The molecule has 2 bridgehead atoms. The van der Waals surface area contributed by atoms with E-state index in [0.29, 0.717) is 0 Å². The molecule has 2 fully saturated rings. The number of nitrogens with one attached hydrogen (secondary N) is 1. The van der Waals surface area contributed by atoms with Crippen molar-refractivity contribution >= 4 is 0 Å². The van der Waals surface area contributed by atoms with Crippen LogP contribution in [0.15, 0.2) is 0 Å². The minimum Gasteiger partial charge on any atom is -0.311 e. The molecule has 0 spiro atoms. The van der Waals surface area contributed by atoms with Crippen molar-refractivity contribution in [3.05, 3.63) is 0 Å². The fraction of sp³-hybridized carbons (Fsp3) is 1.00. The largest absolute Gasteiger partial charge is 0.311 e. The van der Waals surface area contributed by atoms with Gasteiger partial charge in [0.05, 0.1) is 0 Å². The normalized spacial score (nSPS) is 41.7. The summed E-state index contributed by atoms with van der Waals surface area (Å²) in [5, 5.41) is 3.69. The smallest absolute Gasteiger partial charge is 0.00990 e. The lowest BCUT2D eigenvalue weighted by atomic mass is 9.86. The van der Waals surface area contributed by atoms with Crippen molar-refractivity contribution in [2.45, 2.75) is 57.5 Å². The second-order valence-electron chi connectivity index (χ2n) is 4.19. The van der Waals surface area contributed by atoms with Gasteiger partial charge in [-0.3, -0.25) is 0 Å². The third-order valence-corrected chi connectivity index (χ3v) is 3.36. The molecule has 1 nitrogen and oxygen atoms in total. The lowest BCUT2D eigenvalue weighted by molar-refractivity contribution is 0.372. The zero-order valence-corrected chi connectivity index (χ0v) is 7.47. The van der Waals surface area contributed by atoms with Gasteiger partial charge in [-0.2, -0.15) is 0 Å². The molecule has 0 radical (unpaired) electrons. The monoisotopic (exact) mass is 153 g/mol. The Morgan fingerprint density at radius 1 is 1.36 bits per heavy atom. The quantitative estimate of drug-likeness (QED) is 0.656. The molecule has 0 unspecified atom stereocenters. The van der Waals surface area contributed by atoms with Crippen LogP contribution in [0.25, 0.3) is 0 Å². The van der Waals surface area contributed by atoms with Crippen molar-refractivity contribution in [2.24, 2.45) is 5.92 Å². The molecule has 3 atom stereocenters. The average Bonchev–Trinajstić information content (AvgIpc) is 2.60. The number of hydrogen-bond acceptors (Lipinski definition) is 1. The fourth-order valence-corrected chi connectivity index (χ4v) is 2.72. The fourth-order valence-electron chi connectivity index (χ4n) is 2.72. The Balaban J connectivity index is 1.78. The van der Waals surface area contributed by atoms with E-state index in [9.17, 15) is 0 Å². The highest BCUT2D eigenvalue weighted by atomic mass is 15.0. The Morgan fingerprint density at radius 2 is 2.27 bits per heavy atom. The summed E-state index contributed by atoms with van der Waals surface area (Å²) in [6.45, 7) is 2.29. The summed E-state index contributed by atoms with van der Waals surface area (Å²) in [4.78, 5) is 0. The van der Waals surface area contributed by atoms with E-state index in [-0.39, 0.29) is 0 Å². The van der Waals surface area contributed by atoms with Gasteiger partial charge in [-0.1, -0.05) is 19.8 Å². The molecule has 0 saturated carbocycles. The SMILES string of the molecule is CCCC[C@H]1C[C@@H]2CC[C@H]1N2. The first-order valence-corrected chi connectivity index (χ1v) is 5.16. The molecule has 2 aliphatic heterocycles. The van der Waals surface area contributed by atoms with Gasteiger partial charge in [0, 0.05) is 12.1 Å². The molecule has 2 aliphatic rings. The van der Waals surface area contributed by atoms with Gasteiger partial charge >= 0.3 is 0 Å². The van der Waals surface area contributed by atoms with E-state index in [1.165, 1.54) is 38.5 Å². The Hall–Kier alpha value is -0.0400. The molecule has 0 aromatic rings. The first-order chi connectivity index (χ1) is 5.40. The van der Waals surface area contributed by atoms with E-state index >= 15 is 0 Å². The molecule has 2 heterocycles. The lowest BCUT2D eigenvalue weighted by Gasteiger charge is -2.19. The van der Waals surface area contributed by atoms with Gasteiger partial charge in [0.15, 0.2) is 0 Å². The first-order valence-electron chi connectivity index (χ1n) is 5.16. The Labute approximate surface area is 69.6 Å². The zero-order chi connectivity index (χ0) is 7.68. The van der Waals surface area contributed by atoms with Crippen LogP contribution in [0, 0.1) is 5.92 Å². The predicted octanol–water partition coefficient (Wildman–Crippen LogP) is 2.32. The van der Waals surface area contributed by atoms with E-state index in [1.54, 1.807) is 0 Å². The summed E-state index contributed by atoms with van der Waals surface area (Å²) in [6, 6.07) is 1.81. The van der Waals surface area contributed by atoms with Crippen molar-refractivity contribution in [3.63, 3.8) is 0 Å². The highest BCUT2D eigenvalue weighted by Crippen LogP contribution is 2.35. The number of rotatable bonds is 3. The van der Waals surface area contributed by atoms with Crippen LogP contribution in [0.3, 0.4) is 0 Å². The van der Waals surface area contributed by atoms with Crippen molar-refractivity contribution in [3.8, 4) is 0 Å². The Bertz CT molecular complexity index is 133. The molecular weight excluding hydrogens is 134 g/mol. The van der Waals surface area contributed by atoms with Crippen LogP contribution in [0.2, 0.25) is 0 Å². The summed E-state index contributed by atoms with van der Waals surface area (Å²) >= 11 is 0. The molecule has 0 aliphatic carbocycles. The van der Waals surface area contributed by atoms with Crippen molar-refractivity contribution in [2.75, 3.05) is 0 Å². The standard InChI is InChI=1S/C10H19N/c1-2-3-4-8-7-9-5-6-10(8)11-9/h8-11H,2-7H2,1H3/t8-,9-,10+/m0/s1. The Kier molecular flexibility index (Phi) is 2.17. The third kappa shape index (κ3) is 1.44. The third-order valence-electron chi connectivity index (χ3n) is 3.36. The molecule has 0 aromatic heterocycles. The van der Waals surface area contributed by atoms with Crippen LogP contribution < -0.4 is 5.32 Å². The summed E-state index contributed by atoms with van der Waals surface area (Å²) in [5.41, 5.74) is 0. The van der Waals surface area contributed by atoms with E-state index in [4.69, 9.17) is 0 Å². The van der Waals surface area contributed by atoms with Gasteiger partial charge in [0.25, 0.3) is 0 Å². The molecule has 0 aromatic carbocycles. The summed E-state index contributed by atoms with van der Waals surface area (Å²) in [6.07, 6.45) is 8.67. The summed E-state index contributed by atoms with van der Waals surface area (Å²) in [5.74, 6) is 1.04. The summed E-state index contributed by atoms with van der Waals surface area (Å²) in [7, 11) is 0. The number of hydrogen-bond donors (Lipinski definition) is 1. The van der Waals surface area contributed by atoms with Gasteiger partial charge in [0.1, 0.15) is 0 Å². The molecule has 0 amide bonds. The van der Waals surface area contributed by atoms with E-state index < -0.39 is 0 Å². The van der Waals surface area contributed by atoms with E-state index in [2.05, 4.69) is 12.2 Å².